The molecular weight excluding hydrogens is 216 g/mol. The van der Waals surface area contributed by atoms with E-state index in [1.54, 1.807) is 0 Å². The summed E-state index contributed by atoms with van der Waals surface area (Å²) in [6, 6.07) is -0.111. The number of hydrogen-bond donors (Lipinski definition) is 2. The summed E-state index contributed by atoms with van der Waals surface area (Å²) in [7, 11) is 0. The van der Waals surface area contributed by atoms with E-state index in [0.717, 1.165) is 19.4 Å². The number of nitrogens with one attached hydrogen (secondary N) is 1. The molecule has 4 heteroatoms. The third-order valence-electron chi connectivity index (χ3n) is 3.48. The Balaban J connectivity index is 2.30. The third-order valence-corrected chi connectivity index (χ3v) is 3.48. The zero-order valence-electron chi connectivity index (χ0n) is 11.5. The zero-order chi connectivity index (χ0) is 13.1. The van der Waals surface area contributed by atoms with Gasteiger partial charge in [-0.1, -0.05) is 20.8 Å². The molecule has 1 fully saturated rings. The standard InChI is InChI=1S/C13H26N2O2/c1-12(2,3)10(14)8-11(16)15-9-13(4)6-5-7-17-13/h10H,5-9,14H2,1-4H3,(H,15,16). The van der Waals surface area contributed by atoms with E-state index in [9.17, 15) is 4.79 Å². The maximum Gasteiger partial charge on any atom is 0.221 e. The van der Waals surface area contributed by atoms with E-state index in [0.29, 0.717) is 13.0 Å². The molecule has 0 aromatic heterocycles. The largest absolute Gasteiger partial charge is 0.373 e. The van der Waals surface area contributed by atoms with Crippen molar-refractivity contribution in [2.45, 2.75) is 58.6 Å². The van der Waals surface area contributed by atoms with Gasteiger partial charge in [-0.25, -0.2) is 0 Å². The van der Waals surface area contributed by atoms with Crippen LogP contribution in [0.3, 0.4) is 0 Å². The molecule has 2 unspecified atom stereocenters. The van der Waals surface area contributed by atoms with Gasteiger partial charge in [-0.15, -0.1) is 0 Å². The molecule has 4 nitrogen and oxygen atoms in total. The lowest BCUT2D eigenvalue weighted by Gasteiger charge is -2.28. The van der Waals surface area contributed by atoms with Gasteiger partial charge >= 0.3 is 0 Å². The van der Waals surface area contributed by atoms with Crippen LogP contribution < -0.4 is 11.1 Å². The minimum Gasteiger partial charge on any atom is -0.373 e. The van der Waals surface area contributed by atoms with Crippen molar-refractivity contribution >= 4 is 5.91 Å². The summed E-state index contributed by atoms with van der Waals surface area (Å²) < 4.78 is 5.62. The summed E-state index contributed by atoms with van der Waals surface area (Å²) in [6.07, 6.45) is 2.46. The molecule has 1 amide bonds. The van der Waals surface area contributed by atoms with E-state index < -0.39 is 0 Å². The number of carbonyl (C=O) groups is 1. The van der Waals surface area contributed by atoms with Crippen molar-refractivity contribution in [1.82, 2.24) is 5.32 Å². The fourth-order valence-corrected chi connectivity index (χ4v) is 1.84. The van der Waals surface area contributed by atoms with Gasteiger partial charge in [0, 0.05) is 25.6 Å². The molecule has 0 spiro atoms. The summed E-state index contributed by atoms with van der Waals surface area (Å²) >= 11 is 0. The van der Waals surface area contributed by atoms with Crippen molar-refractivity contribution in [3.05, 3.63) is 0 Å². The van der Waals surface area contributed by atoms with Crippen LogP contribution in [0.2, 0.25) is 0 Å². The minimum atomic E-state index is -0.179. The highest BCUT2D eigenvalue weighted by molar-refractivity contribution is 5.76. The second-order valence-electron chi connectivity index (χ2n) is 6.36. The fraction of sp³-hybridized carbons (Fsp3) is 0.923. The monoisotopic (exact) mass is 242 g/mol. The number of rotatable bonds is 4. The maximum atomic E-state index is 11.8. The van der Waals surface area contributed by atoms with E-state index in [2.05, 4.69) is 5.32 Å². The fourth-order valence-electron chi connectivity index (χ4n) is 1.84. The molecule has 0 aromatic rings. The SMILES string of the molecule is CC1(CNC(=O)CC(N)C(C)(C)C)CCCO1. The first kappa shape index (κ1) is 14.5. The van der Waals surface area contributed by atoms with Crippen LogP contribution in [-0.4, -0.2) is 30.7 Å². The highest BCUT2D eigenvalue weighted by Gasteiger charge is 2.30. The predicted molar refractivity (Wildman–Crippen MR) is 68.6 cm³/mol. The van der Waals surface area contributed by atoms with Crippen molar-refractivity contribution in [2.75, 3.05) is 13.2 Å². The van der Waals surface area contributed by atoms with Gasteiger partial charge in [-0.05, 0) is 25.2 Å². The van der Waals surface area contributed by atoms with Crippen LogP contribution in [0.4, 0.5) is 0 Å². The number of amides is 1. The molecule has 0 bridgehead atoms. The minimum absolute atomic E-state index is 0.0177. The van der Waals surface area contributed by atoms with Crippen molar-refractivity contribution in [3.63, 3.8) is 0 Å². The topological polar surface area (TPSA) is 64.4 Å². The first-order valence-electron chi connectivity index (χ1n) is 6.39. The highest BCUT2D eigenvalue weighted by Crippen LogP contribution is 2.24. The normalized spacial score (nSPS) is 26.9. The first-order chi connectivity index (χ1) is 7.73. The molecule has 3 N–H and O–H groups in total. The average molecular weight is 242 g/mol. The summed E-state index contributed by atoms with van der Waals surface area (Å²) in [5.41, 5.74) is 5.76. The number of nitrogens with two attached hydrogens (primary N) is 1. The van der Waals surface area contributed by atoms with Crippen molar-refractivity contribution in [1.29, 1.82) is 0 Å². The Labute approximate surface area is 104 Å². The maximum absolute atomic E-state index is 11.8. The first-order valence-corrected chi connectivity index (χ1v) is 6.39. The lowest BCUT2D eigenvalue weighted by Crippen LogP contribution is -2.44. The predicted octanol–water partition coefficient (Wildman–Crippen LogP) is 1.44. The second-order valence-corrected chi connectivity index (χ2v) is 6.36. The van der Waals surface area contributed by atoms with Crippen molar-refractivity contribution < 1.29 is 9.53 Å². The molecule has 0 aliphatic carbocycles. The lowest BCUT2D eigenvalue weighted by atomic mass is 9.85. The molecule has 1 rings (SSSR count). The van der Waals surface area contributed by atoms with Crippen molar-refractivity contribution in [2.24, 2.45) is 11.1 Å². The van der Waals surface area contributed by atoms with E-state index in [4.69, 9.17) is 10.5 Å². The molecule has 1 heterocycles. The molecule has 2 atom stereocenters. The molecule has 1 saturated heterocycles. The quantitative estimate of drug-likeness (QED) is 0.784. The van der Waals surface area contributed by atoms with Gasteiger partial charge in [-0.3, -0.25) is 4.79 Å². The summed E-state index contributed by atoms with van der Waals surface area (Å²) in [6.45, 7) is 9.57. The Hall–Kier alpha value is -0.610. The van der Waals surface area contributed by atoms with E-state index in [-0.39, 0.29) is 23.0 Å². The van der Waals surface area contributed by atoms with Crippen molar-refractivity contribution in [3.8, 4) is 0 Å². The van der Waals surface area contributed by atoms with Gasteiger partial charge in [-0.2, -0.15) is 0 Å². The summed E-state index contributed by atoms with van der Waals surface area (Å²) in [5.74, 6) is 0.0177. The van der Waals surface area contributed by atoms with Crippen LogP contribution in [0.25, 0.3) is 0 Å². The van der Waals surface area contributed by atoms with Gasteiger partial charge in [0.25, 0.3) is 0 Å². The van der Waals surface area contributed by atoms with Crippen LogP contribution in [-0.2, 0) is 9.53 Å². The number of ether oxygens (including phenoxy) is 1. The average Bonchev–Trinajstić information content (AvgIpc) is 2.61. The number of hydrogen-bond acceptors (Lipinski definition) is 3. The van der Waals surface area contributed by atoms with E-state index in [1.165, 1.54) is 0 Å². The molecule has 0 saturated carbocycles. The van der Waals surface area contributed by atoms with Gasteiger partial charge in [0.15, 0.2) is 0 Å². The van der Waals surface area contributed by atoms with Gasteiger partial charge in [0.2, 0.25) is 5.91 Å². The molecule has 17 heavy (non-hydrogen) atoms. The Kier molecular flexibility index (Phi) is 4.55. The van der Waals surface area contributed by atoms with Gasteiger partial charge < -0.3 is 15.8 Å². The van der Waals surface area contributed by atoms with Gasteiger partial charge in [0.05, 0.1) is 5.60 Å². The van der Waals surface area contributed by atoms with E-state index in [1.807, 2.05) is 27.7 Å². The van der Waals surface area contributed by atoms with E-state index >= 15 is 0 Å². The molecule has 1 aliphatic rings. The van der Waals surface area contributed by atoms with Crippen LogP contribution in [0.15, 0.2) is 0 Å². The van der Waals surface area contributed by atoms with Crippen LogP contribution in [0.1, 0.15) is 47.0 Å². The summed E-state index contributed by atoms with van der Waals surface area (Å²) in [5, 5.41) is 2.92. The van der Waals surface area contributed by atoms with Crippen LogP contribution in [0, 0.1) is 5.41 Å². The third kappa shape index (κ3) is 4.64. The molecule has 0 aromatic carbocycles. The summed E-state index contributed by atoms with van der Waals surface area (Å²) in [4.78, 5) is 11.8. The molecule has 0 radical (unpaired) electrons. The molecule has 1 aliphatic heterocycles. The van der Waals surface area contributed by atoms with Crippen LogP contribution >= 0.6 is 0 Å². The smallest absolute Gasteiger partial charge is 0.221 e. The molecule has 100 valence electrons. The Morgan fingerprint density at radius 2 is 2.18 bits per heavy atom. The Morgan fingerprint density at radius 1 is 1.53 bits per heavy atom. The molecular formula is C13H26N2O2. The Morgan fingerprint density at radius 3 is 2.65 bits per heavy atom. The van der Waals surface area contributed by atoms with Gasteiger partial charge in [0.1, 0.15) is 0 Å². The second kappa shape index (κ2) is 5.36. The highest BCUT2D eigenvalue weighted by atomic mass is 16.5. The number of carbonyl (C=O) groups excluding carboxylic acids is 1. The Bertz CT molecular complexity index is 265. The zero-order valence-corrected chi connectivity index (χ0v) is 11.5. The lowest BCUT2D eigenvalue weighted by molar-refractivity contribution is -0.123. The van der Waals surface area contributed by atoms with Crippen LogP contribution in [0.5, 0.6) is 0 Å².